The van der Waals surface area contributed by atoms with Gasteiger partial charge in [-0.1, -0.05) is 44.0 Å². The third-order valence-corrected chi connectivity index (χ3v) is 6.94. The van der Waals surface area contributed by atoms with Gasteiger partial charge in [0.2, 0.25) is 0 Å². The number of rotatable bonds is 8. The van der Waals surface area contributed by atoms with E-state index in [1.54, 1.807) is 0 Å². The first-order valence-corrected chi connectivity index (χ1v) is 11.4. The molecule has 0 aromatic heterocycles. The van der Waals surface area contributed by atoms with Gasteiger partial charge in [-0.05, 0) is 86.7 Å². The molecule has 0 N–H and O–H groups in total. The van der Waals surface area contributed by atoms with Crippen molar-refractivity contribution in [3.05, 3.63) is 41.5 Å². The Labute approximate surface area is 169 Å². The zero-order chi connectivity index (χ0) is 19.8. The molecule has 0 saturated heterocycles. The Morgan fingerprint density at radius 2 is 1.50 bits per heavy atom. The molecule has 0 bridgehead atoms. The van der Waals surface area contributed by atoms with Crippen LogP contribution >= 0.6 is 0 Å². The normalized spacial score (nSPS) is 28.1. The highest BCUT2D eigenvalue weighted by molar-refractivity contribution is 5.50. The lowest BCUT2D eigenvalue weighted by molar-refractivity contribution is 0.00636. The fourth-order valence-corrected chi connectivity index (χ4v) is 5.24. The Hall–Kier alpha value is -1.22. The quantitative estimate of drug-likeness (QED) is 0.409. The van der Waals surface area contributed by atoms with Gasteiger partial charge in [0.05, 0.1) is 6.10 Å². The van der Waals surface area contributed by atoms with Crippen LogP contribution in [0.4, 0.5) is 8.78 Å². The molecule has 156 valence electrons. The van der Waals surface area contributed by atoms with Crippen LogP contribution in [-0.4, -0.2) is 12.7 Å². The molecule has 0 amide bonds. The molecule has 2 fully saturated rings. The summed E-state index contributed by atoms with van der Waals surface area (Å²) in [5.41, 5.74) is 1.91. The number of ether oxygens (including phenoxy) is 1. The molecular weight excluding hydrogens is 354 g/mol. The first kappa shape index (κ1) is 21.5. The maximum absolute atomic E-state index is 12.4. The molecule has 0 spiro atoms. The highest BCUT2D eigenvalue weighted by Crippen LogP contribution is 2.43. The number of halogens is 2. The smallest absolute Gasteiger partial charge is 0.270 e. The minimum Gasteiger partial charge on any atom is -0.378 e. The Morgan fingerprint density at radius 3 is 2.07 bits per heavy atom. The number of hydrogen-bond donors (Lipinski definition) is 0. The average molecular weight is 391 g/mol. The van der Waals surface area contributed by atoms with Gasteiger partial charge >= 0.3 is 0 Å². The van der Waals surface area contributed by atoms with E-state index in [4.69, 9.17) is 4.74 Å². The van der Waals surface area contributed by atoms with Crippen molar-refractivity contribution in [2.75, 3.05) is 6.61 Å². The summed E-state index contributed by atoms with van der Waals surface area (Å²) in [6.07, 6.45) is 13.8. The van der Waals surface area contributed by atoms with E-state index in [2.05, 4.69) is 6.92 Å². The van der Waals surface area contributed by atoms with Crippen molar-refractivity contribution < 1.29 is 13.5 Å². The second kappa shape index (κ2) is 11.1. The van der Waals surface area contributed by atoms with Crippen molar-refractivity contribution in [2.24, 2.45) is 11.8 Å². The molecule has 1 nitrogen and oxygen atoms in total. The first-order valence-electron chi connectivity index (χ1n) is 11.4. The molecule has 0 heterocycles. The van der Waals surface area contributed by atoms with Crippen LogP contribution in [0.3, 0.4) is 0 Å². The van der Waals surface area contributed by atoms with E-state index in [1.165, 1.54) is 76.2 Å². The Kier molecular flexibility index (Phi) is 8.51. The van der Waals surface area contributed by atoms with Gasteiger partial charge in [-0.2, -0.15) is 8.78 Å². The number of benzene rings is 1. The zero-order valence-electron chi connectivity index (χ0n) is 17.3. The molecular formula is C25H36F2O. The highest BCUT2D eigenvalue weighted by atomic mass is 19.3. The second-order valence-electron chi connectivity index (χ2n) is 8.83. The van der Waals surface area contributed by atoms with Gasteiger partial charge in [0.25, 0.3) is 6.08 Å². The predicted molar refractivity (Wildman–Crippen MR) is 113 cm³/mol. The van der Waals surface area contributed by atoms with Gasteiger partial charge in [0.15, 0.2) is 0 Å². The molecule has 1 aromatic rings. The van der Waals surface area contributed by atoms with Crippen molar-refractivity contribution in [1.82, 2.24) is 0 Å². The summed E-state index contributed by atoms with van der Waals surface area (Å²) in [5.74, 6) is 2.36. The molecule has 0 atom stereocenters. The fourth-order valence-electron chi connectivity index (χ4n) is 5.24. The monoisotopic (exact) mass is 390 g/mol. The van der Waals surface area contributed by atoms with E-state index in [9.17, 15) is 8.78 Å². The summed E-state index contributed by atoms with van der Waals surface area (Å²) in [4.78, 5) is 0. The summed E-state index contributed by atoms with van der Waals surface area (Å²) in [5, 5.41) is 0. The van der Waals surface area contributed by atoms with Crippen molar-refractivity contribution in [2.45, 2.75) is 89.6 Å². The van der Waals surface area contributed by atoms with Crippen LogP contribution in [0, 0.1) is 11.8 Å². The van der Waals surface area contributed by atoms with Crippen LogP contribution in [0.25, 0.3) is 6.08 Å². The van der Waals surface area contributed by atoms with Crippen molar-refractivity contribution >= 4 is 6.08 Å². The van der Waals surface area contributed by atoms with Gasteiger partial charge in [-0.3, -0.25) is 0 Å². The van der Waals surface area contributed by atoms with E-state index >= 15 is 0 Å². The van der Waals surface area contributed by atoms with Crippen LogP contribution in [-0.2, 0) is 4.74 Å². The van der Waals surface area contributed by atoms with Gasteiger partial charge in [0.1, 0.15) is 0 Å². The lowest BCUT2D eigenvalue weighted by Crippen LogP contribution is -2.28. The SMILES string of the molecule is CCCCCOC1CCC(C2CCC(c3ccc(C=C(F)F)cc3)CC2)CC1. The first-order chi connectivity index (χ1) is 13.7. The Morgan fingerprint density at radius 1 is 0.893 bits per heavy atom. The molecule has 0 radical (unpaired) electrons. The van der Waals surface area contributed by atoms with E-state index < -0.39 is 6.08 Å². The minimum atomic E-state index is -1.63. The molecule has 2 saturated carbocycles. The number of hydrogen-bond acceptors (Lipinski definition) is 1. The molecule has 2 aliphatic carbocycles. The fraction of sp³-hybridized carbons (Fsp3) is 0.680. The second-order valence-corrected chi connectivity index (χ2v) is 8.83. The van der Waals surface area contributed by atoms with Gasteiger partial charge in [-0.15, -0.1) is 0 Å². The summed E-state index contributed by atoms with van der Waals surface area (Å²) in [6.45, 7) is 3.18. The minimum absolute atomic E-state index is 0.506. The average Bonchev–Trinajstić information content (AvgIpc) is 2.72. The molecule has 3 heteroatoms. The maximum Gasteiger partial charge on any atom is 0.270 e. The molecule has 2 aliphatic rings. The summed E-state index contributed by atoms with van der Waals surface area (Å²) in [6, 6.07) is 7.73. The molecule has 3 rings (SSSR count). The topological polar surface area (TPSA) is 9.23 Å². The predicted octanol–water partition coefficient (Wildman–Crippen LogP) is 7.96. The lowest BCUT2D eigenvalue weighted by atomic mass is 9.69. The van der Waals surface area contributed by atoms with Crippen LogP contribution in [0.1, 0.15) is 94.6 Å². The Balaban J connectivity index is 1.39. The standard InChI is InChI=1S/C25H36F2O/c1-2-3-4-17-28-24-15-13-23(14-16-24)22-11-9-21(10-12-22)20-7-5-19(6-8-20)18-25(26)27/h5-8,18,21-24H,2-4,9-17H2,1H3. The van der Waals surface area contributed by atoms with Crippen molar-refractivity contribution in [3.63, 3.8) is 0 Å². The van der Waals surface area contributed by atoms with Gasteiger partial charge < -0.3 is 4.74 Å². The van der Waals surface area contributed by atoms with Gasteiger partial charge in [0, 0.05) is 12.7 Å². The van der Waals surface area contributed by atoms with Crippen LogP contribution in [0.2, 0.25) is 0 Å². The maximum atomic E-state index is 12.4. The van der Waals surface area contributed by atoms with Crippen LogP contribution < -0.4 is 0 Å². The molecule has 0 unspecified atom stereocenters. The van der Waals surface area contributed by atoms with Crippen molar-refractivity contribution in [3.8, 4) is 0 Å². The van der Waals surface area contributed by atoms with E-state index in [0.717, 1.165) is 24.5 Å². The molecule has 1 aromatic carbocycles. The highest BCUT2D eigenvalue weighted by Gasteiger charge is 2.31. The van der Waals surface area contributed by atoms with Crippen LogP contribution in [0.15, 0.2) is 30.3 Å². The van der Waals surface area contributed by atoms with E-state index in [-0.39, 0.29) is 0 Å². The van der Waals surface area contributed by atoms with Gasteiger partial charge in [-0.25, -0.2) is 0 Å². The zero-order valence-corrected chi connectivity index (χ0v) is 17.3. The number of unbranched alkanes of at least 4 members (excludes halogenated alkanes) is 2. The van der Waals surface area contributed by atoms with E-state index in [1.807, 2.05) is 24.3 Å². The van der Waals surface area contributed by atoms with Crippen molar-refractivity contribution in [1.29, 1.82) is 0 Å². The third kappa shape index (κ3) is 6.40. The summed E-state index contributed by atoms with van der Waals surface area (Å²) < 4.78 is 30.8. The largest absolute Gasteiger partial charge is 0.378 e. The summed E-state index contributed by atoms with van der Waals surface area (Å²) in [7, 11) is 0. The summed E-state index contributed by atoms with van der Waals surface area (Å²) >= 11 is 0. The lowest BCUT2D eigenvalue weighted by Gasteiger charge is -2.38. The van der Waals surface area contributed by atoms with E-state index in [0.29, 0.717) is 17.6 Å². The third-order valence-electron chi connectivity index (χ3n) is 6.94. The van der Waals surface area contributed by atoms with Crippen LogP contribution in [0.5, 0.6) is 0 Å². The molecule has 28 heavy (non-hydrogen) atoms. The molecule has 0 aliphatic heterocycles. The Bertz CT molecular complexity index is 589.